The summed E-state index contributed by atoms with van der Waals surface area (Å²) in [4.78, 5) is -0.192. The van der Waals surface area contributed by atoms with Crippen LogP contribution in [0.25, 0.3) is 0 Å². The van der Waals surface area contributed by atoms with E-state index in [1.807, 2.05) is 0 Å². The minimum absolute atomic E-state index is 0. The van der Waals surface area contributed by atoms with E-state index >= 15 is 0 Å². The van der Waals surface area contributed by atoms with E-state index < -0.39 is 10.1 Å². The van der Waals surface area contributed by atoms with E-state index in [1.54, 1.807) is 6.07 Å². The fraction of sp³-hybridized carbons (Fsp3) is 0. The zero-order valence-corrected chi connectivity index (χ0v) is 8.00. The number of halogens is 1. The van der Waals surface area contributed by atoms with Crippen molar-refractivity contribution >= 4 is 10.1 Å². The van der Waals surface area contributed by atoms with Crippen LogP contribution in [0, 0.1) is 0 Å². The monoisotopic (exact) mass is 283 g/mol. The molecule has 0 atom stereocenters. The molecule has 1 aromatic rings. The molecule has 1 radical (unpaired) electrons. The Morgan fingerprint density at radius 2 is 1.67 bits per heavy atom. The van der Waals surface area contributed by atoms with Crippen molar-refractivity contribution in [3.63, 3.8) is 0 Å². The molecule has 0 unspecified atom stereocenters. The zero-order valence-electron chi connectivity index (χ0n) is 5.70. The van der Waals surface area contributed by atoms with Crippen molar-refractivity contribution in [2.75, 3.05) is 0 Å². The van der Waals surface area contributed by atoms with Gasteiger partial charge in [-0.05, 0) is 16.7 Å². The predicted molar refractivity (Wildman–Crippen MR) is 35.8 cm³/mol. The molecule has 0 spiro atoms. The molecule has 0 aliphatic heterocycles. The zero-order chi connectivity index (χ0) is 8.32. The van der Waals surface area contributed by atoms with Gasteiger partial charge in [0.25, 0.3) is 0 Å². The molecule has 1 rings (SSSR count). The Balaban J connectivity index is 0.00000121. The maximum absolute atomic E-state index is 11.4. The van der Waals surface area contributed by atoms with Crippen molar-refractivity contribution in [1.29, 1.82) is 0 Å². The van der Waals surface area contributed by atoms with E-state index in [4.69, 9.17) is 0 Å². The number of benzene rings is 1. The van der Waals surface area contributed by atoms with Gasteiger partial charge in [0.2, 0.25) is 0 Å². The van der Waals surface area contributed by atoms with E-state index in [0.717, 1.165) is 0 Å². The second-order valence-corrected chi connectivity index (χ2v) is 3.34. The van der Waals surface area contributed by atoms with Crippen molar-refractivity contribution in [1.82, 2.24) is 0 Å². The first-order valence-electron chi connectivity index (χ1n) is 2.77. The molecule has 0 bridgehead atoms. The van der Waals surface area contributed by atoms with Gasteiger partial charge in [0.1, 0.15) is 0 Å². The van der Waals surface area contributed by atoms with Crippen molar-refractivity contribution in [3.05, 3.63) is 30.3 Å². The second kappa shape index (κ2) is 4.74. The molecule has 0 saturated carbocycles. The molecular formula is C6H5AgFO3S. The fourth-order valence-electron chi connectivity index (χ4n) is 0.624. The summed E-state index contributed by atoms with van der Waals surface area (Å²) in [6.45, 7) is 0. The van der Waals surface area contributed by atoms with Crippen LogP contribution in [-0.4, -0.2) is 8.42 Å². The van der Waals surface area contributed by atoms with Gasteiger partial charge in [-0.3, -0.25) is 0 Å². The van der Waals surface area contributed by atoms with Gasteiger partial charge in [-0.15, -0.1) is 0 Å². The Hall–Kier alpha value is -0.200. The Bertz CT molecular complexity index is 324. The molecule has 3 nitrogen and oxygen atoms in total. The summed E-state index contributed by atoms with van der Waals surface area (Å²) in [5.74, 6) is 0. The average Bonchev–Trinajstić information content (AvgIpc) is 2.06. The van der Waals surface area contributed by atoms with E-state index in [2.05, 4.69) is 4.39 Å². The van der Waals surface area contributed by atoms with Crippen LogP contribution >= 0.6 is 0 Å². The Labute approximate surface area is 85.1 Å². The summed E-state index contributed by atoms with van der Waals surface area (Å²) < 4.78 is 35.4. The van der Waals surface area contributed by atoms with E-state index in [9.17, 15) is 12.9 Å². The van der Waals surface area contributed by atoms with Crippen LogP contribution in [0.3, 0.4) is 0 Å². The summed E-state index contributed by atoms with van der Waals surface area (Å²) in [6.07, 6.45) is 0. The Kier molecular flexibility index (Phi) is 4.66. The molecule has 0 heterocycles. The van der Waals surface area contributed by atoms with E-state index in [-0.39, 0.29) is 27.3 Å². The largest absolute Gasteiger partial charge is 0.327 e. The molecule has 0 fully saturated rings. The summed E-state index contributed by atoms with van der Waals surface area (Å²) in [7, 11) is -4.16. The number of hydrogen-bond donors (Lipinski definition) is 0. The van der Waals surface area contributed by atoms with Gasteiger partial charge >= 0.3 is 10.1 Å². The predicted octanol–water partition coefficient (Wildman–Crippen LogP) is 1.27. The quantitative estimate of drug-likeness (QED) is 0.768. The third-order valence-electron chi connectivity index (χ3n) is 1.11. The van der Waals surface area contributed by atoms with Gasteiger partial charge in [-0.25, -0.2) is 0 Å². The minimum atomic E-state index is -4.16. The maximum Gasteiger partial charge on any atom is 0.327 e. The van der Waals surface area contributed by atoms with Gasteiger partial charge in [0.15, 0.2) is 0 Å². The molecule has 6 heteroatoms. The Morgan fingerprint density at radius 1 is 1.17 bits per heavy atom. The van der Waals surface area contributed by atoms with Gasteiger partial charge in [0, 0.05) is 22.4 Å². The minimum Gasteiger partial charge on any atom is -0.191 e. The SMILES string of the molecule is O=S(=O)(OF)c1ccccc1.[Ag]. The third kappa shape index (κ3) is 2.69. The van der Waals surface area contributed by atoms with Crippen LogP contribution < -0.4 is 0 Å². The molecular weight excluding hydrogens is 279 g/mol. The standard InChI is InChI=1S/C6H5FO3S.Ag/c7-10-11(8,9)6-4-2-1-3-5-6;/h1-5H;. The number of hydrogen-bond acceptors (Lipinski definition) is 3. The van der Waals surface area contributed by atoms with Gasteiger partial charge < -0.3 is 0 Å². The summed E-state index contributed by atoms with van der Waals surface area (Å²) in [5.41, 5.74) is 0. The third-order valence-corrected chi connectivity index (χ3v) is 2.13. The first kappa shape index (κ1) is 11.8. The maximum atomic E-state index is 11.4. The molecule has 0 saturated heterocycles. The average molecular weight is 284 g/mol. The van der Waals surface area contributed by atoms with Crippen molar-refractivity contribution < 1.29 is 39.7 Å². The van der Waals surface area contributed by atoms with Crippen LogP contribution in [0.4, 0.5) is 4.53 Å². The Morgan fingerprint density at radius 3 is 2.08 bits per heavy atom. The van der Waals surface area contributed by atoms with Crippen molar-refractivity contribution in [2.45, 2.75) is 4.90 Å². The first-order chi connectivity index (χ1) is 5.17. The van der Waals surface area contributed by atoms with Crippen molar-refractivity contribution in [2.24, 2.45) is 0 Å². The molecule has 71 valence electrons. The van der Waals surface area contributed by atoms with Gasteiger partial charge in [-0.2, -0.15) is 8.42 Å². The van der Waals surface area contributed by atoms with Crippen LogP contribution in [0.2, 0.25) is 0 Å². The van der Waals surface area contributed by atoms with Gasteiger partial charge in [-0.1, -0.05) is 22.6 Å². The molecule has 0 aliphatic rings. The van der Waals surface area contributed by atoms with Crippen LogP contribution in [0.5, 0.6) is 0 Å². The first-order valence-corrected chi connectivity index (χ1v) is 4.18. The summed E-state index contributed by atoms with van der Waals surface area (Å²) in [5, 5.41) is 0. The molecule has 0 aliphatic carbocycles. The van der Waals surface area contributed by atoms with E-state index in [1.165, 1.54) is 24.3 Å². The molecule has 1 aromatic carbocycles. The molecule has 0 N–H and O–H groups in total. The molecule has 12 heavy (non-hydrogen) atoms. The van der Waals surface area contributed by atoms with Crippen LogP contribution in [0.1, 0.15) is 0 Å². The summed E-state index contributed by atoms with van der Waals surface area (Å²) >= 11 is 0. The summed E-state index contributed by atoms with van der Waals surface area (Å²) in [6, 6.07) is 7.07. The van der Waals surface area contributed by atoms with Crippen molar-refractivity contribution in [3.8, 4) is 0 Å². The molecule has 0 aromatic heterocycles. The van der Waals surface area contributed by atoms with E-state index in [0.29, 0.717) is 0 Å². The fourth-order valence-corrected chi connectivity index (χ4v) is 1.19. The van der Waals surface area contributed by atoms with Crippen LogP contribution in [0.15, 0.2) is 35.2 Å². The molecule has 0 amide bonds. The van der Waals surface area contributed by atoms with Crippen LogP contribution in [-0.2, 0) is 36.9 Å². The normalized spacial score (nSPS) is 10.4. The van der Waals surface area contributed by atoms with Gasteiger partial charge in [0.05, 0.1) is 4.90 Å². The second-order valence-electron chi connectivity index (χ2n) is 1.83. The number of rotatable bonds is 2. The topological polar surface area (TPSA) is 43.4 Å². The smallest absolute Gasteiger partial charge is 0.191 e.